The average molecular weight is 434 g/mol. The van der Waals surface area contributed by atoms with Crippen LogP contribution in [0.3, 0.4) is 0 Å². The van der Waals surface area contributed by atoms with E-state index in [1.54, 1.807) is 19.2 Å². The lowest BCUT2D eigenvalue weighted by molar-refractivity contribution is -0.113. The van der Waals surface area contributed by atoms with Crippen molar-refractivity contribution in [2.24, 2.45) is 0 Å². The van der Waals surface area contributed by atoms with Gasteiger partial charge in [0.2, 0.25) is 11.1 Å². The first-order valence-electron chi connectivity index (χ1n) is 7.60. The highest BCUT2D eigenvalue weighted by molar-refractivity contribution is 9.10. The van der Waals surface area contributed by atoms with E-state index in [1.807, 2.05) is 36.4 Å². The molecule has 0 bridgehead atoms. The van der Waals surface area contributed by atoms with Crippen molar-refractivity contribution in [3.05, 3.63) is 53.0 Å². The SMILES string of the molecule is COc1ccccc1NC(=O)CSc1nnc(-c2ccc(Br)cc2)n1N. The molecule has 0 aliphatic heterocycles. The smallest absolute Gasteiger partial charge is 0.234 e. The molecule has 9 heteroatoms. The minimum Gasteiger partial charge on any atom is -0.495 e. The minimum atomic E-state index is -0.187. The third-order valence-corrected chi connectivity index (χ3v) is 4.95. The van der Waals surface area contributed by atoms with Crippen molar-refractivity contribution < 1.29 is 9.53 Å². The predicted molar refractivity (Wildman–Crippen MR) is 106 cm³/mol. The summed E-state index contributed by atoms with van der Waals surface area (Å²) in [4.78, 5) is 12.2. The number of nitrogens with zero attached hydrogens (tertiary/aromatic N) is 3. The second-order valence-electron chi connectivity index (χ2n) is 5.22. The molecule has 1 aromatic heterocycles. The molecule has 3 rings (SSSR count). The first-order valence-corrected chi connectivity index (χ1v) is 9.38. The number of rotatable bonds is 6. The second kappa shape index (κ2) is 8.24. The van der Waals surface area contributed by atoms with E-state index in [1.165, 1.54) is 16.4 Å². The fourth-order valence-corrected chi connectivity index (χ4v) is 3.16. The number of amides is 1. The maximum absolute atomic E-state index is 12.2. The Morgan fingerprint density at radius 1 is 1.23 bits per heavy atom. The van der Waals surface area contributed by atoms with Crippen LogP contribution in [-0.2, 0) is 4.79 Å². The highest BCUT2D eigenvalue weighted by Gasteiger charge is 2.14. The Labute approximate surface area is 163 Å². The van der Waals surface area contributed by atoms with Gasteiger partial charge in [-0.3, -0.25) is 4.79 Å². The van der Waals surface area contributed by atoms with Crippen molar-refractivity contribution in [3.8, 4) is 17.1 Å². The van der Waals surface area contributed by atoms with Crippen LogP contribution in [0.4, 0.5) is 5.69 Å². The van der Waals surface area contributed by atoms with Crippen LogP contribution >= 0.6 is 27.7 Å². The number of anilines is 1. The normalized spacial score (nSPS) is 10.5. The second-order valence-corrected chi connectivity index (χ2v) is 7.08. The summed E-state index contributed by atoms with van der Waals surface area (Å²) in [5.74, 6) is 7.16. The quantitative estimate of drug-likeness (QED) is 0.457. The number of methoxy groups -OCH3 is 1. The third-order valence-electron chi connectivity index (χ3n) is 3.48. The highest BCUT2D eigenvalue weighted by Crippen LogP contribution is 2.25. The van der Waals surface area contributed by atoms with Gasteiger partial charge in [-0.1, -0.05) is 52.0 Å². The summed E-state index contributed by atoms with van der Waals surface area (Å²) in [5, 5.41) is 11.4. The number of carbonyl (C=O) groups is 1. The fourth-order valence-electron chi connectivity index (χ4n) is 2.24. The first-order chi connectivity index (χ1) is 12.6. The number of ether oxygens (including phenoxy) is 1. The molecule has 0 aliphatic carbocycles. The summed E-state index contributed by atoms with van der Waals surface area (Å²) in [5.41, 5.74) is 1.46. The molecule has 0 radical (unpaired) electrons. The molecule has 7 nitrogen and oxygen atoms in total. The molecule has 0 unspecified atom stereocenters. The van der Waals surface area contributed by atoms with Crippen molar-refractivity contribution in [1.82, 2.24) is 14.9 Å². The molecule has 3 aromatic rings. The van der Waals surface area contributed by atoms with Crippen molar-refractivity contribution >= 4 is 39.3 Å². The van der Waals surface area contributed by atoms with Crippen molar-refractivity contribution in [2.45, 2.75) is 5.16 Å². The van der Waals surface area contributed by atoms with E-state index in [-0.39, 0.29) is 11.7 Å². The van der Waals surface area contributed by atoms with Crippen LogP contribution < -0.4 is 15.9 Å². The average Bonchev–Trinajstić information content (AvgIpc) is 3.02. The zero-order valence-corrected chi connectivity index (χ0v) is 16.3. The summed E-state index contributed by atoms with van der Waals surface area (Å²) in [7, 11) is 1.56. The molecule has 0 spiro atoms. The summed E-state index contributed by atoms with van der Waals surface area (Å²) in [6.45, 7) is 0. The van der Waals surface area contributed by atoms with Crippen molar-refractivity contribution in [2.75, 3.05) is 24.0 Å². The Bertz CT molecular complexity index is 914. The molecule has 0 saturated carbocycles. The monoisotopic (exact) mass is 433 g/mol. The number of benzene rings is 2. The van der Waals surface area contributed by atoms with E-state index >= 15 is 0 Å². The minimum absolute atomic E-state index is 0.147. The van der Waals surface area contributed by atoms with Crippen LogP contribution in [0.15, 0.2) is 58.2 Å². The molecule has 3 N–H and O–H groups in total. The zero-order chi connectivity index (χ0) is 18.5. The molecule has 0 aliphatic rings. The van der Waals surface area contributed by atoms with Crippen molar-refractivity contribution in [1.29, 1.82) is 0 Å². The van der Waals surface area contributed by atoms with Crippen LogP contribution in [0.25, 0.3) is 11.4 Å². The van der Waals surface area contributed by atoms with E-state index in [2.05, 4.69) is 31.4 Å². The Morgan fingerprint density at radius 3 is 2.69 bits per heavy atom. The molecular formula is C17H16BrN5O2S. The number of hydrogen-bond donors (Lipinski definition) is 2. The summed E-state index contributed by atoms with van der Waals surface area (Å²) in [6.07, 6.45) is 0. The van der Waals surface area contributed by atoms with E-state index < -0.39 is 0 Å². The maximum Gasteiger partial charge on any atom is 0.234 e. The van der Waals surface area contributed by atoms with E-state index in [0.717, 1.165) is 10.0 Å². The third kappa shape index (κ3) is 4.17. The van der Waals surface area contributed by atoms with Crippen LogP contribution in [0.2, 0.25) is 0 Å². The summed E-state index contributed by atoms with van der Waals surface area (Å²) in [6, 6.07) is 14.8. The Hall–Kier alpha value is -2.52. The number of hydrogen-bond acceptors (Lipinski definition) is 6. The van der Waals surface area contributed by atoms with E-state index in [0.29, 0.717) is 22.4 Å². The fraction of sp³-hybridized carbons (Fsp3) is 0.118. The number of nitrogens with one attached hydrogen (secondary N) is 1. The highest BCUT2D eigenvalue weighted by atomic mass is 79.9. The van der Waals surface area contributed by atoms with Gasteiger partial charge >= 0.3 is 0 Å². The summed E-state index contributed by atoms with van der Waals surface area (Å²) >= 11 is 4.60. The Balaban J connectivity index is 1.65. The van der Waals surface area contributed by atoms with Crippen molar-refractivity contribution in [3.63, 3.8) is 0 Å². The molecule has 0 saturated heterocycles. The number of aromatic nitrogens is 3. The molecule has 26 heavy (non-hydrogen) atoms. The van der Waals surface area contributed by atoms with Gasteiger partial charge in [-0.2, -0.15) is 0 Å². The number of nitrogen functional groups attached to an aromatic ring is 1. The molecule has 0 fully saturated rings. The number of thioether (sulfide) groups is 1. The predicted octanol–water partition coefficient (Wildman–Crippen LogP) is 3.16. The van der Waals surface area contributed by atoms with Gasteiger partial charge in [0.1, 0.15) is 5.75 Å². The van der Waals surface area contributed by atoms with Gasteiger partial charge < -0.3 is 15.9 Å². The van der Waals surface area contributed by atoms with Crippen LogP contribution in [0.5, 0.6) is 5.75 Å². The topological polar surface area (TPSA) is 95.1 Å². The molecule has 1 heterocycles. The molecular weight excluding hydrogens is 418 g/mol. The number of para-hydroxylation sites is 2. The standard InChI is InChI=1S/C17H16BrN5O2S/c1-25-14-5-3-2-4-13(14)20-15(24)10-26-17-22-21-16(23(17)19)11-6-8-12(18)9-7-11/h2-9H,10,19H2,1H3,(H,20,24). The van der Waals surface area contributed by atoms with Gasteiger partial charge in [0.05, 0.1) is 18.6 Å². The first kappa shape index (κ1) is 18.3. The Morgan fingerprint density at radius 2 is 1.96 bits per heavy atom. The number of carbonyl (C=O) groups excluding carboxylic acids is 1. The van der Waals surface area contributed by atoms with E-state index in [9.17, 15) is 4.79 Å². The lowest BCUT2D eigenvalue weighted by atomic mass is 10.2. The number of halogens is 1. The molecule has 2 aromatic carbocycles. The largest absolute Gasteiger partial charge is 0.495 e. The number of nitrogens with two attached hydrogens (primary N) is 1. The molecule has 134 valence electrons. The van der Waals surface area contributed by atoms with Crippen LogP contribution in [-0.4, -0.2) is 33.6 Å². The zero-order valence-electron chi connectivity index (χ0n) is 13.8. The summed E-state index contributed by atoms with van der Waals surface area (Å²) < 4.78 is 7.56. The lowest BCUT2D eigenvalue weighted by Gasteiger charge is -2.09. The van der Waals surface area contributed by atoms with Crippen LogP contribution in [0.1, 0.15) is 0 Å². The van der Waals surface area contributed by atoms with Gasteiger partial charge in [0.25, 0.3) is 0 Å². The van der Waals surface area contributed by atoms with Gasteiger partial charge in [0, 0.05) is 10.0 Å². The molecule has 0 atom stereocenters. The van der Waals surface area contributed by atoms with Gasteiger partial charge in [-0.15, -0.1) is 10.2 Å². The van der Waals surface area contributed by atoms with Gasteiger partial charge in [0.15, 0.2) is 5.82 Å². The van der Waals surface area contributed by atoms with Gasteiger partial charge in [-0.25, -0.2) is 4.68 Å². The maximum atomic E-state index is 12.2. The molecule has 1 amide bonds. The lowest BCUT2D eigenvalue weighted by Crippen LogP contribution is -2.16. The van der Waals surface area contributed by atoms with Crippen LogP contribution in [0, 0.1) is 0 Å². The Kier molecular flexibility index (Phi) is 5.79. The van der Waals surface area contributed by atoms with E-state index in [4.69, 9.17) is 10.6 Å². The van der Waals surface area contributed by atoms with Gasteiger partial charge in [-0.05, 0) is 24.3 Å².